The van der Waals surface area contributed by atoms with E-state index >= 15 is 0 Å². The molecule has 0 unspecified atom stereocenters. The second-order valence-electron chi connectivity index (χ2n) is 7.16. The van der Waals surface area contributed by atoms with Crippen LogP contribution in [0.1, 0.15) is 5.56 Å². The summed E-state index contributed by atoms with van der Waals surface area (Å²) < 4.78 is 22.9. The smallest absolute Gasteiger partial charge is 0.237 e. The van der Waals surface area contributed by atoms with E-state index in [-0.39, 0.29) is 18.8 Å². The van der Waals surface area contributed by atoms with Crippen molar-refractivity contribution in [3.63, 3.8) is 0 Å². The Labute approximate surface area is 164 Å². The highest BCUT2D eigenvalue weighted by Gasteiger charge is 2.27. The van der Waals surface area contributed by atoms with E-state index in [1.807, 2.05) is 61.5 Å². The fraction of sp³-hybridized carbons (Fsp3) is 0.381. The van der Waals surface area contributed by atoms with E-state index in [9.17, 15) is 4.79 Å². The van der Waals surface area contributed by atoms with Gasteiger partial charge in [-0.25, -0.2) is 0 Å². The highest BCUT2D eigenvalue weighted by atomic mass is 16.7. The molecular formula is C21H24N2O5. The Morgan fingerprint density at radius 3 is 2.61 bits per heavy atom. The van der Waals surface area contributed by atoms with Gasteiger partial charge < -0.3 is 28.7 Å². The first-order valence-electron chi connectivity index (χ1n) is 9.28. The van der Waals surface area contributed by atoms with E-state index in [2.05, 4.69) is 0 Å². The minimum Gasteiger partial charge on any atom is -0.486 e. The zero-order valence-corrected chi connectivity index (χ0v) is 16.1. The lowest BCUT2D eigenvalue weighted by molar-refractivity contribution is -0.134. The number of benzene rings is 2. The highest BCUT2D eigenvalue weighted by molar-refractivity contribution is 5.78. The Morgan fingerprint density at radius 1 is 1.00 bits per heavy atom. The number of carbonyl (C=O) groups excluding carboxylic acids is 1. The predicted molar refractivity (Wildman–Crippen MR) is 103 cm³/mol. The molecule has 0 saturated heterocycles. The molecule has 0 aromatic heterocycles. The number of likely N-dealkylation sites (N-methyl/N-ethyl adjacent to an activating group) is 1. The summed E-state index contributed by atoms with van der Waals surface area (Å²) >= 11 is 0. The van der Waals surface area contributed by atoms with E-state index in [0.29, 0.717) is 43.5 Å². The molecule has 4 rings (SSSR count). The van der Waals surface area contributed by atoms with Crippen LogP contribution in [0.5, 0.6) is 23.0 Å². The summed E-state index contributed by atoms with van der Waals surface area (Å²) in [6.45, 7) is 1.76. The molecule has 0 spiro atoms. The number of ether oxygens (including phenoxy) is 4. The van der Waals surface area contributed by atoms with Crippen molar-refractivity contribution in [1.82, 2.24) is 9.80 Å². The maximum Gasteiger partial charge on any atom is 0.237 e. The van der Waals surface area contributed by atoms with E-state index < -0.39 is 0 Å². The zero-order chi connectivity index (χ0) is 19.5. The molecule has 2 aliphatic heterocycles. The molecular weight excluding hydrogens is 360 g/mol. The van der Waals surface area contributed by atoms with E-state index in [0.717, 1.165) is 11.3 Å². The average Bonchev–Trinajstić information content (AvgIpc) is 3.16. The Bertz CT molecular complexity index is 854. The quantitative estimate of drug-likeness (QED) is 0.761. The molecule has 0 radical (unpaired) electrons. The minimum absolute atomic E-state index is 0.0176. The molecule has 0 fully saturated rings. The van der Waals surface area contributed by atoms with Crippen molar-refractivity contribution >= 4 is 5.91 Å². The van der Waals surface area contributed by atoms with Gasteiger partial charge in [-0.3, -0.25) is 4.79 Å². The fourth-order valence-electron chi connectivity index (χ4n) is 3.34. The van der Waals surface area contributed by atoms with Crippen LogP contribution < -0.4 is 18.9 Å². The molecule has 1 amide bonds. The first-order valence-corrected chi connectivity index (χ1v) is 9.28. The number of hydrogen-bond acceptors (Lipinski definition) is 6. The Morgan fingerprint density at radius 2 is 1.79 bits per heavy atom. The number of carbonyl (C=O) groups is 1. The van der Waals surface area contributed by atoms with Gasteiger partial charge in [-0.1, -0.05) is 24.3 Å². The summed E-state index contributed by atoms with van der Waals surface area (Å²) in [5.74, 6) is 2.87. The molecule has 2 aliphatic rings. The number of fused-ring (bicyclic) bond motifs is 2. The number of nitrogens with zero attached hydrogens (tertiary/aromatic N) is 2. The molecule has 0 bridgehead atoms. The molecule has 0 aliphatic carbocycles. The van der Waals surface area contributed by atoms with Gasteiger partial charge in [0, 0.05) is 12.1 Å². The van der Waals surface area contributed by atoms with Crippen molar-refractivity contribution in [2.24, 2.45) is 0 Å². The topological polar surface area (TPSA) is 60.5 Å². The van der Waals surface area contributed by atoms with Crippen LogP contribution in [0.15, 0.2) is 42.5 Å². The van der Waals surface area contributed by atoms with Gasteiger partial charge in [-0.15, -0.1) is 0 Å². The molecule has 2 aromatic rings. The van der Waals surface area contributed by atoms with Crippen LogP contribution >= 0.6 is 0 Å². The van der Waals surface area contributed by atoms with Crippen LogP contribution in [0, 0.1) is 0 Å². The average molecular weight is 384 g/mol. The minimum atomic E-state index is -0.241. The number of hydrogen-bond donors (Lipinski definition) is 0. The van der Waals surface area contributed by atoms with Crippen LogP contribution in [0.2, 0.25) is 0 Å². The number of para-hydroxylation sites is 3. The molecule has 0 N–H and O–H groups in total. The summed E-state index contributed by atoms with van der Waals surface area (Å²) in [5.41, 5.74) is 0.916. The highest BCUT2D eigenvalue weighted by Crippen LogP contribution is 2.36. The summed E-state index contributed by atoms with van der Waals surface area (Å²) in [6.07, 6.45) is -0.241. The van der Waals surface area contributed by atoms with Crippen LogP contribution in [0.4, 0.5) is 0 Å². The lowest BCUT2D eigenvalue weighted by atomic mass is 10.1. The van der Waals surface area contributed by atoms with Crippen LogP contribution in [0.25, 0.3) is 0 Å². The van der Waals surface area contributed by atoms with Gasteiger partial charge in [0.1, 0.15) is 6.61 Å². The van der Waals surface area contributed by atoms with Gasteiger partial charge in [-0.05, 0) is 32.3 Å². The van der Waals surface area contributed by atoms with Crippen LogP contribution in [0.3, 0.4) is 0 Å². The zero-order valence-electron chi connectivity index (χ0n) is 16.1. The molecule has 1 atom stereocenters. The van der Waals surface area contributed by atoms with Crippen LogP contribution in [-0.2, 0) is 11.3 Å². The van der Waals surface area contributed by atoms with Crippen molar-refractivity contribution in [3.05, 3.63) is 48.0 Å². The van der Waals surface area contributed by atoms with Gasteiger partial charge >= 0.3 is 0 Å². The molecule has 7 nitrogen and oxygen atoms in total. The van der Waals surface area contributed by atoms with Gasteiger partial charge in [0.2, 0.25) is 12.7 Å². The first kappa shape index (κ1) is 18.4. The standard InChI is InChI=1S/C21H24N2O5/c1-22(2)12-20(24)23(10-15-6-5-9-19-21(15)27-14-26-19)11-16-13-25-17-7-3-4-8-18(17)28-16/h3-9,16H,10-14H2,1-2H3/t16-/m0/s1. The molecule has 7 heteroatoms. The summed E-state index contributed by atoms with van der Waals surface area (Å²) in [5, 5.41) is 0. The third-order valence-corrected chi connectivity index (χ3v) is 4.64. The largest absolute Gasteiger partial charge is 0.486 e. The van der Waals surface area contributed by atoms with Crippen molar-refractivity contribution < 1.29 is 23.7 Å². The third-order valence-electron chi connectivity index (χ3n) is 4.64. The van der Waals surface area contributed by atoms with Gasteiger partial charge in [-0.2, -0.15) is 0 Å². The lowest BCUT2D eigenvalue weighted by Crippen LogP contribution is -2.45. The maximum absolute atomic E-state index is 12.9. The second kappa shape index (κ2) is 7.98. The molecule has 2 aromatic carbocycles. The number of rotatable bonds is 6. The monoisotopic (exact) mass is 384 g/mol. The van der Waals surface area contributed by atoms with Crippen molar-refractivity contribution in [1.29, 1.82) is 0 Å². The third kappa shape index (κ3) is 3.99. The van der Waals surface area contributed by atoms with E-state index in [1.54, 1.807) is 4.90 Å². The van der Waals surface area contributed by atoms with Gasteiger partial charge in [0.05, 0.1) is 13.1 Å². The SMILES string of the molecule is CN(C)CC(=O)N(Cc1cccc2c1OCO2)C[C@H]1COc2ccccc2O1. The lowest BCUT2D eigenvalue weighted by Gasteiger charge is -2.32. The number of amides is 1. The van der Waals surface area contributed by atoms with Crippen molar-refractivity contribution in [2.45, 2.75) is 12.6 Å². The second-order valence-corrected chi connectivity index (χ2v) is 7.16. The van der Waals surface area contributed by atoms with Gasteiger partial charge in [0.25, 0.3) is 0 Å². The van der Waals surface area contributed by atoms with Crippen LogP contribution in [-0.4, -0.2) is 62.4 Å². The molecule has 0 saturated carbocycles. The van der Waals surface area contributed by atoms with Crippen molar-refractivity contribution in [3.8, 4) is 23.0 Å². The molecule has 28 heavy (non-hydrogen) atoms. The molecule has 2 heterocycles. The fourth-order valence-corrected chi connectivity index (χ4v) is 3.34. The maximum atomic E-state index is 12.9. The van der Waals surface area contributed by atoms with E-state index in [4.69, 9.17) is 18.9 Å². The Kier molecular flexibility index (Phi) is 5.25. The van der Waals surface area contributed by atoms with Crippen molar-refractivity contribution in [2.75, 3.05) is 40.6 Å². The first-order chi connectivity index (χ1) is 13.6. The summed E-state index contributed by atoms with van der Waals surface area (Å²) in [6, 6.07) is 13.3. The molecule has 148 valence electrons. The summed E-state index contributed by atoms with van der Waals surface area (Å²) in [7, 11) is 3.76. The Hall–Kier alpha value is -2.93. The van der Waals surface area contributed by atoms with Gasteiger partial charge in [0.15, 0.2) is 29.1 Å². The van der Waals surface area contributed by atoms with E-state index in [1.165, 1.54) is 0 Å². The normalized spacial score (nSPS) is 16.9. The summed E-state index contributed by atoms with van der Waals surface area (Å²) in [4.78, 5) is 16.5. The Balaban J connectivity index is 1.51. The predicted octanol–water partition coefficient (Wildman–Crippen LogP) is 2.15.